The van der Waals surface area contributed by atoms with Gasteiger partial charge in [-0.05, 0) is 30.9 Å². The van der Waals surface area contributed by atoms with Crippen LogP contribution in [0.1, 0.15) is 35.3 Å². The maximum Gasteiger partial charge on any atom is 0.273 e. The summed E-state index contributed by atoms with van der Waals surface area (Å²) in [6.45, 7) is 0.932. The predicted octanol–water partition coefficient (Wildman–Crippen LogP) is 0.0203. The topological polar surface area (TPSA) is 102 Å². The maximum absolute atomic E-state index is 12.3. The number of likely N-dealkylation sites (tertiary alicyclic amines) is 1. The summed E-state index contributed by atoms with van der Waals surface area (Å²) in [5.41, 5.74) is 12.0. The van der Waals surface area contributed by atoms with Crippen LogP contribution in [0.15, 0.2) is 18.3 Å². The van der Waals surface area contributed by atoms with Crippen molar-refractivity contribution >= 4 is 11.8 Å². The van der Waals surface area contributed by atoms with Gasteiger partial charge in [-0.15, -0.1) is 0 Å². The molecule has 0 saturated carbocycles. The van der Waals surface area contributed by atoms with Gasteiger partial charge in [-0.1, -0.05) is 6.07 Å². The SMILES string of the molecule is NCc1ccc(C(=O)N2CCCCC2C(N)=O)nc1. The van der Waals surface area contributed by atoms with Gasteiger partial charge in [0.15, 0.2) is 0 Å². The second-order valence-corrected chi connectivity index (χ2v) is 4.67. The Balaban J connectivity index is 2.18. The van der Waals surface area contributed by atoms with Crippen LogP contribution in [0.5, 0.6) is 0 Å². The summed E-state index contributed by atoms with van der Waals surface area (Å²) in [5, 5.41) is 0. The number of nitrogens with zero attached hydrogens (tertiary/aromatic N) is 2. The summed E-state index contributed by atoms with van der Waals surface area (Å²) in [4.78, 5) is 29.4. The fourth-order valence-corrected chi connectivity index (χ4v) is 2.29. The smallest absolute Gasteiger partial charge is 0.273 e. The van der Waals surface area contributed by atoms with E-state index >= 15 is 0 Å². The number of carbonyl (C=O) groups excluding carboxylic acids is 2. The molecule has 1 atom stereocenters. The zero-order chi connectivity index (χ0) is 13.8. The van der Waals surface area contributed by atoms with Crippen molar-refractivity contribution in [2.75, 3.05) is 6.54 Å². The normalized spacial score (nSPS) is 19.2. The van der Waals surface area contributed by atoms with Crippen molar-refractivity contribution in [1.82, 2.24) is 9.88 Å². The highest BCUT2D eigenvalue weighted by atomic mass is 16.2. The van der Waals surface area contributed by atoms with Crippen LogP contribution in [-0.4, -0.2) is 34.3 Å². The number of aromatic nitrogens is 1. The van der Waals surface area contributed by atoms with Gasteiger partial charge in [-0.3, -0.25) is 14.6 Å². The van der Waals surface area contributed by atoms with Gasteiger partial charge in [0.2, 0.25) is 5.91 Å². The van der Waals surface area contributed by atoms with Crippen molar-refractivity contribution in [1.29, 1.82) is 0 Å². The average molecular weight is 262 g/mol. The van der Waals surface area contributed by atoms with Gasteiger partial charge in [0.05, 0.1) is 0 Å². The highest BCUT2D eigenvalue weighted by Crippen LogP contribution is 2.19. The van der Waals surface area contributed by atoms with E-state index in [1.165, 1.54) is 4.90 Å². The number of hydrogen-bond donors (Lipinski definition) is 2. The lowest BCUT2D eigenvalue weighted by Gasteiger charge is -2.33. The number of amides is 2. The largest absolute Gasteiger partial charge is 0.368 e. The molecule has 1 aromatic heterocycles. The van der Waals surface area contributed by atoms with Gasteiger partial charge in [0.1, 0.15) is 11.7 Å². The van der Waals surface area contributed by atoms with Gasteiger partial charge < -0.3 is 16.4 Å². The molecule has 6 nitrogen and oxygen atoms in total. The van der Waals surface area contributed by atoms with E-state index in [4.69, 9.17) is 11.5 Å². The molecule has 2 amide bonds. The monoisotopic (exact) mass is 262 g/mol. The molecular weight excluding hydrogens is 244 g/mol. The van der Waals surface area contributed by atoms with Gasteiger partial charge in [0.25, 0.3) is 5.91 Å². The Labute approximate surface area is 111 Å². The summed E-state index contributed by atoms with van der Waals surface area (Å²) in [6.07, 6.45) is 4.01. The zero-order valence-corrected chi connectivity index (χ0v) is 10.7. The quantitative estimate of drug-likeness (QED) is 0.801. The maximum atomic E-state index is 12.3. The molecule has 0 bridgehead atoms. The first-order valence-corrected chi connectivity index (χ1v) is 6.38. The van der Waals surface area contributed by atoms with Crippen LogP contribution in [0, 0.1) is 0 Å². The summed E-state index contributed by atoms with van der Waals surface area (Å²) in [6, 6.07) is 2.89. The van der Waals surface area contributed by atoms with Crippen LogP contribution in [0.25, 0.3) is 0 Å². The zero-order valence-electron chi connectivity index (χ0n) is 10.7. The molecule has 1 aliphatic rings. The molecule has 4 N–H and O–H groups in total. The van der Waals surface area contributed by atoms with Crippen LogP contribution in [-0.2, 0) is 11.3 Å². The number of primary amides is 1. The van der Waals surface area contributed by atoms with Crippen LogP contribution in [0.4, 0.5) is 0 Å². The molecule has 0 aliphatic carbocycles. The predicted molar refractivity (Wildman–Crippen MR) is 70.0 cm³/mol. The lowest BCUT2D eigenvalue weighted by molar-refractivity contribution is -0.123. The van der Waals surface area contributed by atoms with Crippen molar-refractivity contribution < 1.29 is 9.59 Å². The van der Waals surface area contributed by atoms with Crippen molar-refractivity contribution in [3.63, 3.8) is 0 Å². The Morgan fingerprint density at radius 1 is 1.37 bits per heavy atom. The molecule has 0 aromatic carbocycles. The van der Waals surface area contributed by atoms with E-state index in [1.54, 1.807) is 18.3 Å². The third-order valence-corrected chi connectivity index (χ3v) is 3.37. The minimum Gasteiger partial charge on any atom is -0.368 e. The number of rotatable bonds is 3. The second-order valence-electron chi connectivity index (χ2n) is 4.67. The summed E-state index contributed by atoms with van der Waals surface area (Å²) in [5.74, 6) is -0.696. The van der Waals surface area contributed by atoms with Gasteiger partial charge in [-0.2, -0.15) is 0 Å². The Kier molecular flexibility index (Phi) is 4.11. The molecular formula is C13H18N4O2. The number of piperidine rings is 1. The number of pyridine rings is 1. The third-order valence-electron chi connectivity index (χ3n) is 3.37. The highest BCUT2D eigenvalue weighted by Gasteiger charge is 2.31. The van der Waals surface area contributed by atoms with Gasteiger partial charge in [0, 0.05) is 19.3 Å². The number of carbonyl (C=O) groups is 2. The van der Waals surface area contributed by atoms with Crippen LogP contribution in [0.3, 0.4) is 0 Å². The minimum absolute atomic E-state index is 0.243. The molecule has 1 saturated heterocycles. The average Bonchev–Trinajstić information content (AvgIpc) is 2.46. The molecule has 2 rings (SSSR count). The first kappa shape index (κ1) is 13.5. The molecule has 102 valence electrons. The van der Waals surface area contributed by atoms with E-state index in [0.717, 1.165) is 18.4 Å². The first-order chi connectivity index (χ1) is 9.13. The molecule has 1 unspecified atom stereocenters. The van der Waals surface area contributed by atoms with Crippen molar-refractivity contribution in [3.8, 4) is 0 Å². The summed E-state index contributed by atoms with van der Waals surface area (Å²) < 4.78 is 0. The molecule has 0 radical (unpaired) electrons. The fraction of sp³-hybridized carbons (Fsp3) is 0.462. The minimum atomic E-state index is -0.516. The highest BCUT2D eigenvalue weighted by molar-refractivity contribution is 5.96. The van der Waals surface area contributed by atoms with Crippen molar-refractivity contribution in [2.45, 2.75) is 31.8 Å². The molecule has 1 aromatic rings. The van der Waals surface area contributed by atoms with E-state index in [2.05, 4.69) is 4.98 Å². The molecule has 1 fully saturated rings. The molecule has 2 heterocycles. The van der Waals surface area contributed by atoms with Crippen LogP contribution >= 0.6 is 0 Å². The van der Waals surface area contributed by atoms with E-state index in [1.807, 2.05) is 0 Å². The standard InChI is InChI=1S/C13H18N4O2/c14-7-9-4-5-10(16-8-9)13(19)17-6-2-1-3-11(17)12(15)18/h4-5,8,11H,1-3,6-7,14H2,(H2,15,18). The van der Waals surface area contributed by atoms with Crippen molar-refractivity contribution in [2.24, 2.45) is 11.5 Å². The van der Waals surface area contributed by atoms with E-state index in [-0.39, 0.29) is 5.91 Å². The van der Waals surface area contributed by atoms with Crippen LogP contribution < -0.4 is 11.5 Å². The second kappa shape index (κ2) is 5.79. The van der Waals surface area contributed by atoms with Crippen LogP contribution in [0.2, 0.25) is 0 Å². The Hall–Kier alpha value is -1.95. The van der Waals surface area contributed by atoms with E-state index in [0.29, 0.717) is 25.2 Å². The Morgan fingerprint density at radius 3 is 2.74 bits per heavy atom. The molecule has 0 spiro atoms. The summed E-state index contributed by atoms with van der Waals surface area (Å²) >= 11 is 0. The number of hydrogen-bond acceptors (Lipinski definition) is 4. The molecule has 6 heteroatoms. The van der Waals surface area contributed by atoms with E-state index in [9.17, 15) is 9.59 Å². The van der Waals surface area contributed by atoms with E-state index < -0.39 is 11.9 Å². The third kappa shape index (κ3) is 2.90. The fourth-order valence-electron chi connectivity index (χ4n) is 2.29. The van der Waals surface area contributed by atoms with Gasteiger partial charge in [-0.25, -0.2) is 0 Å². The van der Waals surface area contributed by atoms with Crippen molar-refractivity contribution in [3.05, 3.63) is 29.6 Å². The Bertz CT molecular complexity index is 472. The molecule has 1 aliphatic heterocycles. The molecule has 19 heavy (non-hydrogen) atoms. The Morgan fingerprint density at radius 2 is 2.16 bits per heavy atom. The summed E-state index contributed by atoms with van der Waals surface area (Å²) in [7, 11) is 0. The lowest BCUT2D eigenvalue weighted by atomic mass is 10.0. The van der Waals surface area contributed by atoms with Gasteiger partial charge >= 0.3 is 0 Å². The number of nitrogens with two attached hydrogens (primary N) is 2. The first-order valence-electron chi connectivity index (χ1n) is 6.38. The lowest BCUT2D eigenvalue weighted by Crippen LogP contribution is -2.50.